The second-order valence-electron chi connectivity index (χ2n) is 5.48. The molecule has 1 rings (SSSR count). The largest absolute Gasteiger partial charge is 0.342 e. The summed E-state index contributed by atoms with van der Waals surface area (Å²) in [6.45, 7) is 8.65. The summed E-state index contributed by atoms with van der Waals surface area (Å²) in [5, 5.41) is 3.36. The number of nitrogens with zero attached hydrogens (tertiary/aromatic N) is 1. The van der Waals surface area contributed by atoms with Crippen molar-refractivity contribution in [1.29, 1.82) is 0 Å². The van der Waals surface area contributed by atoms with Crippen LogP contribution < -0.4 is 5.32 Å². The molecule has 0 radical (unpaired) electrons. The molecule has 0 aromatic heterocycles. The van der Waals surface area contributed by atoms with Gasteiger partial charge < -0.3 is 10.2 Å². The smallest absolute Gasteiger partial charge is 0.239 e. The summed E-state index contributed by atoms with van der Waals surface area (Å²) in [5.41, 5.74) is 0. The molecule has 3 heteroatoms. The molecule has 0 aromatic rings. The minimum atomic E-state index is -0.0338. The van der Waals surface area contributed by atoms with E-state index in [9.17, 15) is 4.79 Å². The molecule has 0 aromatic carbocycles. The molecule has 0 heterocycles. The van der Waals surface area contributed by atoms with Gasteiger partial charge in [-0.3, -0.25) is 4.79 Å². The number of carbonyl (C=O) groups is 1. The number of amides is 1. The average molecular weight is 254 g/mol. The van der Waals surface area contributed by atoms with Gasteiger partial charge in [0.25, 0.3) is 0 Å². The molecule has 1 atom stereocenters. The van der Waals surface area contributed by atoms with Gasteiger partial charge >= 0.3 is 0 Å². The molecule has 0 bridgehead atoms. The number of rotatable bonds is 8. The zero-order chi connectivity index (χ0) is 13.4. The van der Waals surface area contributed by atoms with E-state index in [-0.39, 0.29) is 11.9 Å². The van der Waals surface area contributed by atoms with E-state index in [1.54, 1.807) is 0 Å². The van der Waals surface area contributed by atoms with Crippen molar-refractivity contribution < 1.29 is 4.79 Å². The van der Waals surface area contributed by atoms with Gasteiger partial charge in [-0.15, -0.1) is 0 Å². The van der Waals surface area contributed by atoms with E-state index < -0.39 is 0 Å². The predicted octanol–water partition coefficient (Wildman–Crippen LogP) is 2.80. The molecule has 18 heavy (non-hydrogen) atoms. The van der Waals surface area contributed by atoms with Gasteiger partial charge in [-0.1, -0.05) is 25.7 Å². The van der Waals surface area contributed by atoms with Crippen LogP contribution in [-0.2, 0) is 4.79 Å². The highest BCUT2D eigenvalue weighted by Crippen LogP contribution is 2.28. The van der Waals surface area contributed by atoms with E-state index >= 15 is 0 Å². The first-order chi connectivity index (χ1) is 8.69. The SMILES string of the molecule is CCN(CC)C(=O)C(C)NCCCC1CCCC1. The van der Waals surface area contributed by atoms with Gasteiger partial charge in [0.05, 0.1) is 6.04 Å². The molecule has 3 nitrogen and oxygen atoms in total. The third kappa shape index (κ3) is 4.97. The maximum absolute atomic E-state index is 12.0. The van der Waals surface area contributed by atoms with Crippen LogP contribution in [0.25, 0.3) is 0 Å². The molecule has 1 aliphatic rings. The summed E-state index contributed by atoms with van der Waals surface area (Å²) in [7, 11) is 0. The molecule has 1 saturated carbocycles. The van der Waals surface area contributed by atoms with Crippen molar-refractivity contribution in [2.75, 3.05) is 19.6 Å². The van der Waals surface area contributed by atoms with Crippen molar-refractivity contribution in [2.24, 2.45) is 5.92 Å². The zero-order valence-corrected chi connectivity index (χ0v) is 12.4. The summed E-state index contributed by atoms with van der Waals surface area (Å²) < 4.78 is 0. The molecule has 106 valence electrons. The Balaban J connectivity index is 2.11. The molecule has 1 fully saturated rings. The van der Waals surface area contributed by atoms with Crippen molar-refractivity contribution in [3.8, 4) is 0 Å². The van der Waals surface area contributed by atoms with Gasteiger partial charge in [0, 0.05) is 13.1 Å². The highest BCUT2D eigenvalue weighted by atomic mass is 16.2. The normalized spacial score (nSPS) is 17.9. The first-order valence-electron chi connectivity index (χ1n) is 7.71. The van der Waals surface area contributed by atoms with E-state index in [2.05, 4.69) is 5.32 Å². The first kappa shape index (κ1) is 15.5. The fourth-order valence-corrected chi connectivity index (χ4v) is 2.90. The Kier molecular flexibility index (Phi) is 7.33. The fourth-order valence-electron chi connectivity index (χ4n) is 2.90. The van der Waals surface area contributed by atoms with Crippen LogP contribution in [0.4, 0.5) is 0 Å². The van der Waals surface area contributed by atoms with Crippen molar-refractivity contribution in [1.82, 2.24) is 10.2 Å². The lowest BCUT2D eigenvalue weighted by Gasteiger charge is -2.23. The van der Waals surface area contributed by atoms with Crippen LogP contribution in [0.15, 0.2) is 0 Å². The lowest BCUT2D eigenvalue weighted by molar-refractivity contribution is -0.132. The van der Waals surface area contributed by atoms with E-state index in [1.807, 2.05) is 25.7 Å². The molecule has 1 aliphatic carbocycles. The van der Waals surface area contributed by atoms with E-state index in [1.165, 1.54) is 38.5 Å². The molecular weight excluding hydrogens is 224 g/mol. The lowest BCUT2D eigenvalue weighted by atomic mass is 10.0. The second-order valence-corrected chi connectivity index (χ2v) is 5.48. The number of likely N-dealkylation sites (N-methyl/N-ethyl adjacent to an activating group) is 1. The van der Waals surface area contributed by atoms with Crippen molar-refractivity contribution in [2.45, 2.75) is 65.3 Å². The van der Waals surface area contributed by atoms with Gasteiger partial charge in [-0.25, -0.2) is 0 Å². The Bertz CT molecular complexity index is 233. The third-order valence-corrected chi connectivity index (χ3v) is 4.16. The van der Waals surface area contributed by atoms with Crippen LogP contribution in [0.5, 0.6) is 0 Å². The molecule has 0 saturated heterocycles. The Labute approximate surface area is 112 Å². The van der Waals surface area contributed by atoms with Crippen molar-refractivity contribution in [3.05, 3.63) is 0 Å². The quantitative estimate of drug-likeness (QED) is 0.676. The predicted molar refractivity (Wildman–Crippen MR) is 76.6 cm³/mol. The van der Waals surface area contributed by atoms with Crippen LogP contribution in [0.3, 0.4) is 0 Å². The molecule has 1 amide bonds. The van der Waals surface area contributed by atoms with Gasteiger partial charge in [0.1, 0.15) is 0 Å². The average Bonchev–Trinajstić information content (AvgIpc) is 2.88. The van der Waals surface area contributed by atoms with Crippen LogP contribution in [-0.4, -0.2) is 36.5 Å². The second kappa shape index (κ2) is 8.52. The van der Waals surface area contributed by atoms with Crippen LogP contribution >= 0.6 is 0 Å². The fraction of sp³-hybridized carbons (Fsp3) is 0.933. The summed E-state index contributed by atoms with van der Waals surface area (Å²) in [4.78, 5) is 13.9. The van der Waals surface area contributed by atoms with Crippen LogP contribution in [0.1, 0.15) is 59.3 Å². The summed E-state index contributed by atoms with van der Waals surface area (Å²) in [6, 6.07) is -0.0338. The monoisotopic (exact) mass is 254 g/mol. The van der Waals surface area contributed by atoms with Crippen molar-refractivity contribution >= 4 is 5.91 Å². The molecule has 1 N–H and O–H groups in total. The summed E-state index contributed by atoms with van der Waals surface area (Å²) in [5.74, 6) is 1.20. The molecule has 0 spiro atoms. The number of carbonyl (C=O) groups excluding carboxylic acids is 1. The van der Waals surface area contributed by atoms with Gasteiger partial charge in [-0.05, 0) is 46.1 Å². The minimum absolute atomic E-state index is 0.0338. The standard InChI is InChI=1S/C15H30N2O/c1-4-17(5-2)15(18)13(3)16-12-8-11-14-9-6-7-10-14/h13-14,16H,4-12H2,1-3H3. The summed E-state index contributed by atoms with van der Waals surface area (Å²) >= 11 is 0. The number of nitrogens with one attached hydrogen (secondary N) is 1. The van der Waals surface area contributed by atoms with Crippen molar-refractivity contribution in [3.63, 3.8) is 0 Å². The highest BCUT2D eigenvalue weighted by molar-refractivity contribution is 5.81. The number of hydrogen-bond donors (Lipinski definition) is 1. The van der Waals surface area contributed by atoms with Crippen LogP contribution in [0, 0.1) is 5.92 Å². The Hall–Kier alpha value is -0.570. The molecule has 1 unspecified atom stereocenters. The zero-order valence-electron chi connectivity index (χ0n) is 12.4. The van der Waals surface area contributed by atoms with E-state index in [0.717, 1.165) is 25.6 Å². The number of hydrogen-bond acceptors (Lipinski definition) is 2. The minimum Gasteiger partial charge on any atom is -0.342 e. The van der Waals surface area contributed by atoms with E-state index in [4.69, 9.17) is 0 Å². The maximum Gasteiger partial charge on any atom is 0.239 e. The molecular formula is C15H30N2O. The maximum atomic E-state index is 12.0. The Morgan fingerprint density at radius 3 is 2.44 bits per heavy atom. The lowest BCUT2D eigenvalue weighted by Crippen LogP contribution is -2.45. The summed E-state index contributed by atoms with van der Waals surface area (Å²) in [6.07, 6.45) is 8.24. The van der Waals surface area contributed by atoms with Gasteiger partial charge in [-0.2, -0.15) is 0 Å². The van der Waals surface area contributed by atoms with Crippen LogP contribution in [0.2, 0.25) is 0 Å². The van der Waals surface area contributed by atoms with Gasteiger partial charge in [0.15, 0.2) is 0 Å². The molecule has 0 aliphatic heterocycles. The highest BCUT2D eigenvalue weighted by Gasteiger charge is 2.18. The van der Waals surface area contributed by atoms with Gasteiger partial charge in [0.2, 0.25) is 5.91 Å². The van der Waals surface area contributed by atoms with E-state index in [0.29, 0.717) is 0 Å². The Morgan fingerprint density at radius 2 is 1.89 bits per heavy atom. The first-order valence-corrected chi connectivity index (χ1v) is 7.71. The third-order valence-electron chi connectivity index (χ3n) is 4.16. The Morgan fingerprint density at radius 1 is 1.28 bits per heavy atom. The topological polar surface area (TPSA) is 32.3 Å².